The molecule has 0 N–H and O–H groups in total. The Morgan fingerprint density at radius 2 is 1.38 bits per heavy atom. The summed E-state index contributed by atoms with van der Waals surface area (Å²) in [6.07, 6.45) is 0.410. The molecule has 0 aliphatic carbocycles. The van der Waals surface area contributed by atoms with Crippen LogP contribution < -0.4 is 0 Å². The maximum atomic E-state index is 11.8. The van der Waals surface area contributed by atoms with E-state index in [2.05, 4.69) is 47.8 Å². The van der Waals surface area contributed by atoms with E-state index in [1.165, 1.54) is 0 Å². The number of hydrogen-bond acceptors (Lipinski definition) is 3. The molecule has 0 rings (SSSR count). The fraction of sp³-hybridized carbons (Fsp3) is 1.00. The minimum atomic E-state index is -2.86. The van der Waals surface area contributed by atoms with Crippen LogP contribution in [0.25, 0.3) is 0 Å². The first-order valence-electron chi connectivity index (χ1n) is 3.74. The van der Waals surface area contributed by atoms with Crippen molar-refractivity contribution in [3.63, 3.8) is 0 Å². The minimum Gasteiger partial charge on any atom is -0.308 e. The summed E-state index contributed by atoms with van der Waals surface area (Å²) in [6, 6.07) is 0. The third-order valence-electron chi connectivity index (χ3n) is 1.09. The van der Waals surface area contributed by atoms with Crippen LogP contribution in [-0.4, -0.2) is 35.4 Å². The van der Waals surface area contributed by atoms with Crippen molar-refractivity contribution >= 4 is 55.4 Å². The second-order valence-electron chi connectivity index (χ2n) is 2.07. The molecule has 13 heavy (non-hydrogen) atoms. The molecule has 0 saturated carbocycles. The zero-order valence-electron chi connectivity index (χ0n) is 7.05. The Labute approximate surface area is 104 Å². The molecule has 0 atom stereocenters. The van der Waals surface area contributed by atoms with E-state index in [-0.39, 0.29) is 0 Å². The van der Waals surface area contributed by atoms with Crippen molar-refractivity contribution in [2.45, 2.75) is 0 Å². The molecule has 0 radical (unpaired) electrons. The average molecular weight is 403 g/mol. The first-order chi connectivity index (χ1) is 6.18. The van der Waals surface area contributed by atoms with Crippen LogP contribution in [0.3, 0.4) is 0 Å². The van der Waals surface area contributed by atoms with Gasteiger partial charge >= 0.3 is 7.60 Å². The van der Waals surface area contributed by atoms with Crippen molar-refractivity contribution in [3.05, 3.63) is 0 Å². The van der Waals surface area contributed by atoms with E-state index in [0.29, 0.717) is 35.4 Å². The van der Waals surface area contributed by atoms with Gasteiger partial charge in [0, 0.05) is 16.0 Å². The van der Waals surface area contributed by atoms with Crippen LogP contribution in [0.4, 0.5) is 0 Å². The average Bonchev–Trinajstić information content (AvgIpc) is 2.12. The Kier molecular flexibility index (Phi) is 9.95. The monoisotopic (exact) mass is 400 g/mol. The van der Waals surface area contributed by atoms with Crippen molar-refractivity contribution in [3.8, 4) is 0 Å². The van der Waals surface area contributed by atoms with Crippen molar-refractivity contribution in [2.75, 3.05) is 35.4 Å². The number of rotatable bonds is 8. The highest BCUT2D eigenvalue weighted by atomic mass is 79.9. The van der Waals surface area contributed by atoms with Gasteiger partial charge < -0.3 is 9.05 Å². The Morgan fingerprint density at radius 3 is 1.69 bits per heavy atom. The van der Waals surface area contributed by atoms with Gasteiger partial charge in [-0.3, -0.25) is 4.57 Å². The molecule has 0 aromatic carbocycles. The molecule has 0 heterocycles. The molecule has 3 nitrogen and oxygen atoms in total. The van der Waals surface area contributed by atoms with Crippen molar-refractivity contribution in [1.82, 2.24) is 0 Å². The molecule has 7 heteroatoms. The smallest absolute Gasteiger partial charge is 0.308 e. The Hall–Kier alpha value is 1.59. The maximum absolute atomic E-state index is 11.8. The summed E-state index contributed by atoms with van der Waals surface area (Å²) in [7, 11) is -2.86. The third-order valence-corrected chi connectivity index (χ3v) is 4.67. The summed E-state index contributed by atoms with van der Waals surface area (Å²) < 4.78 is 22.1. The lowest BCUT2D eigenvalue weighted by molar-refractivity contribution is 0.225. The highest BCUT2D eigenvalue weighted by Gasteiger charge is 2.22. The molecular weight excluding hydrogens is 391 g/mol. The molecule has 0 aliphatic rings. The summed E-state index contributed by atoms with van der Waals surface area (Å²) in [6.45, 7) is 0.819. The molecule has 0 saturated heterocycles. The van der Waals surface area contributed by atoms with Gasteiger partial charge in [0.05, 0.1) is 19.4 Å². The Morgan fingerprint density at radius 1 is 0.923 bits per heavy atom. The van der Waals surface area contributed by atoms with Crippen LogP contribution in [0.15, 0.2) is 0 Å². The summed E-state index contributed by atoms with van der Waals surface area (Å²) in [5, 5.41) is 1.95. The second kappa shape index (κ2) is 8.86. The third kappa shape index (κ3) is 7.51. The summed E-state index contributed by atoms with van der Waals surface area (Å²) in [5.74, 6) is 0. The van der Waals surface area contributed by atoms with E-state index >= 15 is 0 Å². The second-order valence-corrected chi connectivity index (χ2v) is 6.63. The molecule has 0 spiro atoms. The molecule has 0 fully saturated rings. The molecule has 0 aromatic rings. The molecule has 0 bridgehead atoms. The van der Waals surface area contributed by atoms with Gasteiger partial charge in [-0.05, 0) is 0 Å². The van der Waals surface area contributed by atoms with Gasteiger partial charge in [0.1, 0.15) is 0 Å². The molecule has 0 aliphatic heterocycles. The summed E-state index contributed by atoms with van der Waals surface area (Å²) in [4.78, 5) is 0. The molecule has 0 unspecified atom stereocenters. The quantitative estimate of drug-likeness (QED) is 0.461. The first kappa shape index (κ1) is 14.6. The zero-order valence-corrected chi connectivity index (χ0v) is 12.7. The fourth-order valence-electron chi connectivity index (χ4n) is 0.617. The van der Waals surface area contributed by atoms with Crippen LogP contribution in [0.1, 0.15) is 0 Å². The SMILES string of the molecule is O=P(CCBr)(OCCBr)OCCBr. The lowest BCUT2D eigenvalue weighted by Crippen LogP contribution is -2.04. The van der Waals surface area contributed by atoms with Crippen LogP contribution in [0.5, 0.6) is 0 Å². The van der Waals surface area contributed by atoms with Gasteiger partial charge in [-0.25, -0.2) is 0 Å². The fourth-order valence-corrected chi connectivity index (χ4v) is 4.02. The summed E-state index contributed by atoms with van der Waals surface area (Å²) >= 11 is 9.61. The topological polar surface area (TPSA) is 35.5 Å². The highest BCUT2D eigenvalue weighted by molar-refractivity contribution is 9.09. The van der Waals surface area contributed by atoms with Crippen LogP contribution in [0, 0.1) is 0 Å². The lowest BCUT2D eigenvalue weighted by atomic mass is 10.9. The van der Waals surface area contributed by atoms with Gasteiger partial charge in [0.15, 0.2) is 0 Å². The predicted molar refractivity (Wildman–Crippen MR) is 65.8 cm³/mol. The van der Waals surface area contributed by atoms with Crippen LogP contribution in [0.2, 0.25) is 0 Å². The van der Waals surface area contributed by atoms with Crippen molar-refractivity contribution in [2.24, 2.45) is 0 Å². The van der Waals surface area contributed by atoms with Crippen molar-refractivity contribution in [1.29, 1.82) is 0 Å². The van der Waals surface area contributed by atoms with Crippen molar-refractivity contribution < 1.29 is 13.6 Å². The van der Waals surface area contributed by atoms with E-state index in [1.54, 1.807) is 0 Å². The molecule has 0 aromatic heterocycles. The standard InChI is InChI=1S/C6H12Br3O3P/c7-1-4-11-13(10,6-3-9)12-5-2-8/h1-6H2. The van der Waals surface area contributed by atoms with E-state index in [0.717, 1.165) is 0 Å². The van der Waals surface area contributed by atoms with Gasteiger partial charge in [0.2, 0.25) is 0 Å². The van der Waals surface area contributed by atoms with E-state index < -0.39 is 7.60 Å². The van der Waals surface area contributed by atoms with Crippen LogP contribution in [-0.2, 0) is 13.6 Å². The van der Waals surface area contributed by atoms with E-state index in [9.17, 15) is 4.57 Å². The zero-order chi connectivity index (χ0) is 10.2. The van der Waals surface area contributed by atoms with E-state index in [1.807, 2.05) is 0 Å². The largest absolute Gasteiger partial charge is 0.331 e. The molecular formula is C6H12Br3O3P. The van der Waals surface area contributed by atoms with Gasteiger partial charge in [-0.15, -0.1) is 0 Å². The summed E-state index contributed by atoms with van der Waals surface area (Å²) in [5.41, 5.74) is 0. The number of hydrogen-bond donors (Lipinski definition) is 0. The Bertz CT molecular complexity index is 155. The van der Waals surface area contributed by atoms with Gasteiger partial charge in [-0.1, -0.05) is 47.8 Å². The first-order valence-corrected chi connectivity index (χ1v) is 8.84. The van der Waals surface area contributed by atoms with E-state index in [4.69, 9.17) is 9.05 Å². The number of halogens is 3. The maximum Gasteiger partial charge on any atom is 0.331 e. The Balaban J connectivity index is 3.92. The minimum absolute atomic E-state index is 0.409. The normalized spacial score (nSPS) is 11.9. The highest BCUT2D eigenvalue weighted by Crippen LogP contribution is 2.48. The van der Waals surface area contributed by atoms with Gasteiger partial charge in [0.25, 0.3) is 0 Å². The molecule has 80 valence electrons. The number of alkyl halides is 3. The van der Waals surface area contributed by atoms with Crippen LogP contribution >= 0.6 is 55.4 Å². The predicted octanol–water partition coefficient (Wildman–Crippen LogP) is 3.40. The molecule has 0 amide bonds. The van der Waals surface area contributed by atoms with Gasteiger partial charge in [-0.2, -0.15) is 0 Å². The lowest BCUT2D eigenvalue weighted by Gasteiger charge is -2.16.